The van der Waals surface area contributed by atoms with Crippen molar-refractivity contribution >= 4 is 74.0 Å². The van der Waals surface area contributed by atoms with Crippen LogP contribution < -0.4 is 52.0 Å². The molecule has 3 aromatic heterocycles. The number of amides is 6. The van der Waals surface area contributed by atoms with Gasteiger partial charge in [0.15, 0.2) is 41.7 Å². The van der Waals surface area contributed by atoms with E-state index in [1.807, 2.05) is 11.8 Å². The fourth-order valence-corrected chi connectivity index (χ4v) is 12.8. The number of unbranched alkanes of at least 4 members (excludes halogenated alkanes) is 5. The third-order valence-electron chi connectivity index (χ3n) is 13.3. The van der Waals surface area contributed by atoms with Gasteiger partial charge in [0.25, 0.3) is 27.8 Å². The molecule has 4 fully saturated rings. The highest BCUT2D eigenvalue weighted by Crippen LogP contribution is 2.56. The molecular formula is C45H67N12O18P2S-. The molecule has 4 saturated heterocycles. The first-order valence-electron chi connectivity index (χ1n) is 25.7. The van der Waals surface area contributed by atoms with Crippen molar-refractivity contribution in [1.82, 2.24) is 46.1 Å². The maximum Gasteiger partial charge on any atom is 0.315 e. The molecule has 0 aliphatic carbocycles. The van der Waals surface area contributed by atoms with Crippen LogP contribution in [0, 0.1) is 0 Å². The molecule has 12 N–H and O–H groups in total. The molecular weight excluding hydrogens is 1090 g/mol. The van der Waals surface area contributed by atoms with Crippen LogP contribution in [0.5, 0.6) is 0 Å². The Morgan fingerprint density at radius 3 is 2.06 bits per heavy atom. The molecule has 6 amide bonds. The molecule has 4 aliphatic heterocycles. The van der Waals surface area contributed by atoms with Gasteiger partial charge in [-0.15, -0.1) is 0 Å². The van der Waals surface area contributed by atoms with Crippen molar-refractivity contribution in [2.24, 2.45) is 5.73 Å². The van der Waals surface area contributed by atoms with Gasteiger partial charge >= 0.3 is 6.03 Å². The van der Waals surface area contributed by atoms with E-state index in [9.17, 15) is 63.3 Å². The summed E-state index contributed by atoms with van der Waals surface area (Å²) >= 11 is 1.87. The number of ether oxygens (including phenoxy) is 2. The second kappa shape index (κ2) is 28.4. The summed E-state index contributed by atoms with van der Waals surface area (Å²) in [5.74, 6) is 0.221. The highest BCUT2D eigenvalue weighted by Gasteiger charge is 2.49. The van der Waals surface area contributed by atoms with Gasteiger partial charge in [0.05, 0.1) is 31.6 Å². The SMILES string of the molecule is NC(=O)c1ccc[n+]([C@@H]2O[C@H](COP(=O)([O-])OP(=O)([O-])OC[C@H]3O[C@@H](n4cnc5c(NCCNC(=O)CCCCCNC(=O)CCCCCNC(=O)CCCC[C@@H]6SC[C@@H]7NC(=O)N[C@@H]76)ncnc54)[C@H](O)[C@@H]3O)[C@@H](O)[C@H]2O)c1. The number of aliphatic hydroxyl groups excluding tert-OH is 4. The molecule has 4 aliphatic rings. The number of anilines is 1. The molecule has 0 aromatic carbocycles. The smallest absolute Gasteiger partial charge is 0.315 e. The van der Waals surface area contributed by atoms with E-state index in [0.29, 0.717) is 44.0 Å². The number of thioether (sulfide) groups is 1. The van der Waals surface area contributed by atoms with E-state index in [0.717, 1.165) is 50.7 Å². The molecule has 78 heavy (non-hydrogen) atoms. The van der Waals surface area contributed by atoms with Crippen LogP contribution >= 0.6 is 27.4 Å². The molecule has 0 bridgehead atoms. The number of carbonyl (C=O) groups excluding carboxylic acids is 5. The summed E-state index contributed by atoms with van der Waals surface area (Å²) in [4.78, 5) is 97.8. The van der Waals surface area contributed by atoms with Crippen LogP contribution in [0.4, 0.5) is 10.6 Å². The Balaban J connectivity index is 0.716. The van der Waals surface area contributed by atoms with Crippen molar-refractivity contribution in [2.45, 2.75) is 143 Å². The van der Waals surface area contributed by atoms with Crippen molar-refractivity contribution in [2.75, 3.05) is 50.5 Å². The van der Waals surface area contributed by atoms with Gasteiger partial charge in [-0.3, -0.25) is 32.9 Å². The predicted molar refractivity (Wildman–Crippen MR) is 269 cm³/mol. The summed E-state index contributed by atoms with van der Waals surface area (Å²) in [5, 5.41) is 60.6. The van der Waals surface area contributed by atoms with E-state index in [4.69, 9.17) is 15.2 Å². The minimum Gasteiger partial charge on any atom is -0.756 e. The van der Waals surface area contributed by atoms with Crippen LogP contribution in [0.3, 0.4) is 0 Å². The summed E-state index contributed by atoms with van der Waals surface area (Å²) in [6.45, 7) is -0.507. The topological polar surface area (TPSA) is 438 Å². The lowest BCUT2D eigenvalue weighted by molar-refractivity contribution is -0.765. The Bertz CT molecular complexity index is 2650. The Hall–Kier alpha value is -4.98. The number of rotatable bonds is 32. The van der Waals surface area contributed by atoms with Gasteiger partial charge < -0.3 is 86.4 Å². The number of urea groups is 1. The number of phosphoric ester groups is 2. The average molecular weight is 1160 g/mol. The van der Waals surface area contributed by atoms with Crippen molar-refractivity contribution in [3.8, 4) is 0 Å². The fraction of sp³-hybridized carbons (Fsp3) is 0.667. The van der Waals surface area contributed by atoms with Crippen molar-refractivity contribution in [3.63, 3.8) is 0 Å². The number of primary amides is 1. The highest BCUT2D eigenvalue weighted by molar-refractivity contribution is 8.00. The first-order chi connectivity index (χ1) is 37.3. The van der Waals surface area contributed by atoms with Crippen LogP contribution in [-0.4, -0.2) is 169 Å². The number of aromatic nitrogens is 5. The van der Waals surface area contributed by atoms with Gasteiger partial charge in [0.1, 0.15) is 42.4 Å². The van der Waals surface area contributed by atoms with Crippen LogP contribution in [0.15, 0.2) is 37.2 Å². The van der Waals surface area contributed by atoms with Gasteiger partial charge in [-0.1, -0.05) is 19.3 Å². The second-order valence-corrected chi connectivity index (χ2v) is 23.3. The molecule has 7 heterocycles. The van der Waals surface area contributed by atoms with Gasteiger partial charge in [-0.25, -0.2) is 24.1 Å². The molecule has 3 aromatic rings. The minimum atomic E-state index is -5.77. The van der Waals surface area contributed by atoms with E-state index in [1.165, 1.54) is 46.3 Å². The maximum atomic E-state index is 12.6. The Morgan fingerprint density at radius 1 is 0.795 bits per heavy atom. The van der Waals surface area contributed by atoms with E-state index in [2.05, 4.69) is 60.2 Å². The van der Waals surface area contributed by atoms with Crippen LogP contribution in [-0.2, 0) is 46.3 Å². The molecule has 432 valence electrons. The maximum absolute atomic E-state index is 12.6. The quantitative estimate of drug-likeness (QED) is 0.0136. The molecule has 0 spiro atoms. The van der Waals surface area contributed by atoms with Crippen LogP contribution in [0.2, 0.25) is 0 Å². The monoisotopic (exact) mass is 1160 g/mol. The predicted octanol–water partition coefficient (Wildman–Crippen LogP) is -2.26. The molecule has 0 saturated carbocycles. The average Bonchev–Trinajstić information content (AvgIpc) is 4.35. The van der Waals surface area contributed by atoms with Gasteiger partial charge in [-0.2, -0.15) is 16.3 Å². The lowest BCUT2D eigenvalue weighted by Gasteiger charge is -2.31. The molecule has 33 heteroatoms. The van der Waals surface area contributed by atoms with Gasteiger partial charge in [0.2, 0.25) is 17.7 Å². The number of nitrogens with zero attached hydrogens (tertiary/aromatic N) is 5. The number of imidazole rings is 1. The second-order valence-electron chi connectivity index (χ2n) is 19.1. The van der Waals surface area contributed by atoms with Crippen molar-refractivity contribution < 1.29 is 90.7 Å². The fourth-order valence-electron chi connectivity index (χ4n) is 9.23. The summed E-state index contributed by atoms with van der Waals surface area (Å²) in [5.41, 5.74) is 5.67. The van der Waals surface area contributed by atoms with Crippen molar-refractivity contribution in [1.29, 1.82) is 0 Å². The minimum absolute atomic E-state index is 0.0321. The zero-order valence-electron chi connectivity index (χ0n) is 42.4. The normalized spacial score (nSPS) is 27.1. The molecule has 0 radical (unpaired) electrons. The number of fused-ring (bicyclic) bond motifs is 2. The number of hydrogen-bond acceptors (Lipinski definition) is 23. The van der Waals surface area contributed by atoms with E-state index in [-0.39, 0.29) is 77.9 Å². The van der Waals surface area contributed by atoms with Gasteiger partial charge in [-0.05, 0) is 44.6 Å². The summed E-state index contributed by atoms with van der Waals surface area (Å²) < 4.78 is 52.2. The largest absolute Gasteiger partial charge is 0.756 e. The van der Waals surface area contributed by atoms with Crippen molar-refractivity contribution in [3.05, 3.63) is 42.7 Å². The zero-order valence-corrected chi connectivity index (χ0v) is 45.0. The first-order valence-corrected chi connectivity index (χ1v) is 29.6. The Kier molecular flexibility index (Phi) is 22.1. The third kappa shape index (κ3) is 17.0. The Labute approximate surface area is 451 Å². The van der Waals surface area contributed by atoms with Gasteiger partial charge in [0, 0.05) is 62.5 Å². The summed E-state index contributed by atoms with van der Waals surface area (Å²) in [7, 11) is -11.5. The number of pyridine rings is 1. The summed E-state index contributed by atoms with van der Waals surface area (Å²) in [6, 6.07) is 3.08. The van der Waals surface area contributed by atoms with E-state index >= 15 is 0 Å². The Morgan fingerprint density at radius 2 is 1.41 bits per heavy atom. The number of nitrogens with one attached hydrogen (secondary N) is 6. The number of hydrogen-bond donors (Lipinski definition) is 11. The highest BCUT2D eigenvalue weighted by atomic mass is 32.2. The lowest BCUT2D eigenvalue weighted by Crippen LogP contribution is -2.46. The first kappa shape index (κ1) is 60.7. The van der Waals surface area contributed by atoms with Crippen LogP contribution in [0.25, 0.3) is 11.2 Å². The summed E-state index contributed by atoms with van der Waals surface area (Å²) in [6.07, 6.45) is 0.674. The third-order valence-corrected chi connectivity index (χ3v) is 17.4. The van der Waals surface area contributed by atoms with E-state index < -0.39 is 83.8 Å². The molecule has 30 nitrogen and oxygen atoms in total. The molecule has 2 unspecified atom stereocenters. The zero-order chi connectivity index (χ0) is 56.0. The number of phosphoric acid groups is 2. The molecule has 7 rings (SSSR count). The lowest BCUT2D eigenvalue weighted by atomic mass is 10.0. The number of aliphatic hydroxyl groups is 4. The standard InChI is InChI=1S/C45H68N12O18P2S/c46-40(65)26-10-9-19-56(20-26)43-38(63)36(61)28(73-43)21-71-76(67,68)75-77(69,70)72-22-29-37(62)39(64)44(74-29)57-25-53-35-41(51-24-52-42(35)57)50-18-17-49-33(60)13-4-2-8-15-47-31(58)12-3-1-7-16-48-32(59)14-6-5-11-30-34-27(23-78-30)54-45(66)55-34/h9-10,19-20,24-25,27-30,34,36-39,43-44,61-64H,1-8,11-18,21-23H2,(H9-,46,47,48,49,50,51,52,54,55,58,59,60,65,66,67,68,69,70)/p-1/t27-,28+,29+,30-,34-,36+,37+,38+,39+,43+,44+/m0/s1. The number of nitrogens with two attached hydrogens (primary N) is 1. The van der Waals surface area contributed by atoms with Crippen LogP contribution in [0.1, 0.15) is 99.9 Å². The number of carbonyl (C=O) groups is 5. The van der Waals surface area contributed by atoms with E-state index in [1.54, 1.807) is 0 Å². The molecule has 13 atom stereocenters.